The third-order valence-electron chi connectivity index (χ3n) is 4.75. The molecule has 1 aromatic heterocycles. The third kappa shape index (κ3) is 3.42. The minimum atomic E-state index is -2.33. The van der Waals surface area contributed by atoms with Crippen LogP contribution in [-0.4, -0.2) is 49.1 Å². The number of fused-ring (bicyclic) bond motifs is 1. The van der Waals surface area contributed by atoms with Crippen molar-refractivity contribution in [2.24, 2.45) is 5.73 Å². The molecule has 1 fully saturated rings. The van der Waals surface area contributed by atoms with Crippen LogP contribution in [0.3, 0.4) is 0 Å². The summed E-state index contributed by atoms with van der Waals surface area (Å²) < 4.78 is 29.0. The highest BCUT2D eigenvalue weighted by molar-refractivity contribution is 7.17. The zero-order chi connectivity index (χ0) is 21.5. The highest BCUT2D eigenvalue weighted by Gasteiger charge is 2.32. The summed E-state index contributed by atoms with van der Waals surface area (Å²) in [6.07, 6.45) is 0.0667. The molecule has 0 bridgehead atoms. The van der Waals surface area contributed by atoms with Gasteiger partial charge in [-0.15, -0.1) is 0 Å². The maximum atomic E-state index is 13.2. The average molecular weight is 389 g/mol. The number of ether oxygens (including phenoxy) is 1. The van der Waals surface area contributed by atoms with Gasteiger partial charge in [0.25, 0.3) is 5.91 Å². The minimum Gasteiger partial charge on any atom is -0.378 e. The second kappa shape index (κ2) is 7.28. The molecule has 1 atom stereocenters. The van der Waals surface area contributed by atoms with Crippen molar-refractivity contribution < 1.29 is 18.4 Å². The molecule has 1 aromatic carbocycles. The van der Waals surface area contributed by atoms with Crippen molar-refractivity contribution in [3.63, 3.8) is 0 Å². The number of anilines is 2. The molecule has 142 valence electrons. The number of primary amides is 1. The summed E-state index contributed by atoms with van der Waals surface area (Å²) in [5.74, 6) is -1.06. The molecule has 27 heavy (non-hydrogen) atoms. The van der Waals surface area contributed by atoms with Crippen LogP contribution in [0.5, 0.6) is 0 Å². The van der Waals surface area contributed by atoms with E-state index in [0.29, 0.717) is 37.1 Å². The number of hydrogen-bond donors (Lipinski definition) is 1. The quantitative estimate of drug-likeness (QED) is 0.858. The lowest BCUT2D eigenvalue weighted by molar-refractivity contribution is -0.118. The van der Waals surface area contributed by atoms with Gasteiger partial charge in [-0.1, -0.05) is 29.5 Å². The van der Waals surface area contributed by atoms with E-state index in [1.165, 1.54) is 4.90 Å². The lowest BCUT2D eigenvalue weighted by Crippen LogP contribution is -2.37. The first-order valence-corrected chi connectivity index (χ1v) is 9.59. The van der Waals surface area contributed by atoms with Gasteiger partial charge in [-0.2, -0.15) is 0 Å². The minimum absolute atomic E-state index is 0.194. The fourth-order valence-corrected chi connectivity index (χ4v) is 4.45. The first-order valence-electron chi connectivity index (χ1n) is 10.3. The van der Waals surface area contributed by atoms with Gasteiger partial charge in [-0.25, -0.2) is 4.98 Å². The Hall–Kier alpha value is -2.45. The van der Waals surface area contributed by atoms with Crippen molar-refractivity contribution in [3.05, 3.63) is 40.4 Å². The van der Waals surface area contributed by atoms with Gasteiger partial charge in [0.1, 0.15) is 4.88 Å². The molecule has 2 aliphatic heterocycles. The summed E-state index contributed by atoms with van der Waals surface area (Å²) in [6.45, 7) is 0.0663. The third-order valence-corrected chi connectivity index (χ3v) is 5.93. The van der Waals surface area contributed by atoms with Crippen LogP contribution >= 0.6 is 11.3 Å². The number of nitrogens with zero attached hydrogens (tertiary/aromatic N) is 3. The molecule has 2 amide bonds. The summed E-state index contributed by atoms with van der Waals surface area (Å²) in [4.78, 5) is 33.3. The first-order chi connectivity index (χ1) is 14.3. The van der Waals surface area contributed by atoms with Crippen molar-refractivity contribution in [1.29, 1.82) is 0 Å². The van der Waals surface area contributed by atoms with Gasteiger partial charge in [0.15, 0.2) is 5.13 Å². The fraction of sp³-hybridized carbons (Fsp3) is 0.421. The summed E-state index contributed by atoms with van der Waals surface area (Å²) >= 11 is 1.15. The van der Waals surface area contributed by atoms with E-state index in [2.05, 4.69) is 4.98 Å². The van der Waals surface area contributed by atoms with Crippen LogP contribution in [0, 0.1) is 0 Å². The van der Waals surface area contributed by atoms with Gasteiger partial charge in [0, 0.05) is 28.9 Å². The first kappa shape index (κ1) is 14.6. The Balaban J connectivity index is 1.64. The molecule has 0 saturated carbocycles. The molecule has 0 spiro atoms. The van der Waals surface area contributed by atoms with Crippen molar-refractivity contribution in [1.82, 2.24) is 4.98 Å². The van der Waals surface area contributed by atoms with Crippen molar-refractivity contribution in [3.8, 4) is 0 Å². The Morgan fingerprint density at radius 3 is 2.89 bits per heavy atom. The van der Waals surface area contributed by atoms with Crippen LogP contribution in [0.25, 0.3) is 0 Å². The predicted octanol–water partition coefficient (Wildman–Crippen LogP) is 1.60. The number of morpholine rings is 1. The summed E-state index contributed by atoms with van der Waals surface area (Å²) in [5.41, 5.74) is 7.22. The zero-order valence-electron chi connectivity index (χ0n) is 17.7. The summed E-state index contributed by atoms with van der Waals surface area (Å²) in [5, 5.41) is 0.615. The van der Waals surface area contributed by atoms with Crippen LogP contribution < -0.4 is 15.5 Å². The van der Waals surface area contributed by atoms with E-state index in [0.717, 1.165) is 16.9 Å². The van der Waals surface area contributed by atoms with Gasteiger partial charge in [0.05, 0.1) is 25.3 Å². The zero-order valence-corrected chi connectivity index (χ0v) is 15.5. The molecule has 0 radical (unpaired) electrons. The molecular weight excluding hydrogens is 364 g/mol. The largest absolute Gasteiger partial charge is 0.378 e. The van der Waals surface area contributed by atoms with Gasteiger partial charge in [0.2, 0.25) is 5.91 Å². The smallest absolute Gasteiger partial charge is 0.260 e. The van der Waals surface area contributed by atoms with Crippen LogP contribution in [0.1, 0.15) is 31.9 Å². The van der Waals surface area contributed by atoms with E-state index in [-0.39, 0.29) is 23.4 Å². The monoisotopic (exact) mass is 389 g/mol. The number of nitrogens with two attached hydrogens (primary N) is 1. The normalized spacial score (nSPS) is 21.3. The van der Waals surface area contributed by atoms with E-state index in [9.17, 15) is 9.59 Å². The molecule has 1 saturated heterocycles. The molecule has 2 N–H and O–H groups in total. The van der Waals surface area contributed by atoms with Crippen LogP contribution in [0.15, 0.2) is 24.3 Å². The second-order valence-corrected chi connectivity index (χ2v) is 7.50. The Morgan fingerprint density at radius 1 is 1.37 bits per heavy atom. The van der Waals surface area contributed by atoms with Gasteiger partial charge in [-0.05, 0) is 24.9 Å². The molecule has 3 heterocycles. The van der Waals surface area contributed by atoms with E-state index in [1.807, 2.05) is 17.0 Å². The van der Waals surface area contributed by atoms with Crippen LogP contribution in [-0.2, 0) is 22.4 Å². The number of rotatable bonds is 4. The lowest BCUT2D eigenvalue weighted by Gasteiger charge is -2.26. The Bertz CT molecular complexity index is 972. The molecule has 2 aliphatic rings. The van der Waals surface area contributed by atoms with Crippen molar-refractivity contribution in [2.75, 3.05) is 36.1 Å². The summed E-state index contributed by atoms with van der Waals surface area (Å²) in [6, 6.07) is 6.22. The highest BCUT2D eigenvalue weighted by Crippen LogP contribution is 2.33. The van der Waals surface area contributed by atoms with Crippen LogP contribution in [0.4, 0.5) is 10.8 Å². The van der Waals surface area contributed by atoms with E-state index >= 15 is 0 Å². The van der Waals surface area contributed by atoms with E-state index in [4.69, 9.17) is 14.6 Å². The van der Waals surface area contributed by atoms with Crippen molar-refractivity contribution >= 4 is 34.0 Å². The maximum absolute atomic E-state index is 13.2. The molecule has 0 aliphatic carbocycles. The SMILES string of the molecule is [2H]C([2H])([2H])[C@H]1Cc2ccccc2N1C(=O)Cc1nc(N2CCOCC2)sc1C(N)=O. The van der Waals surface area contributed by atoms with Gasteiger partial charge in [-0.3, -0.25) is 9.59 Å². The number of carbonyl (C=O) groups excluding carboxylic acids is 2. The van der Waals surface area contributed by atoms with E-state index < -0.39 is 24.7 Å². The molecular formula is C19H22N4O3S. The summed E-state index contributed by atoms with van der Waals surface area (Å²) in [7, 11) is 0. The van der Waals surface area contributed by atoms with Crippen molar-refractivity contribution in [2.45, 2.75) is 25.7 Å². The number of aromatic nitrogens is 1. The number of amides is 2. The standard InChI is InChI=1S/C19H22N4O3S/c1-12-10-13-4-2-3-5-15(13)23(12)16(24)11-14-17(18(20)25)27-19(21-14)22-6-8-26-9-7-22/h2-5,12H,6-11H2,1H3,(H2,20,25)/t12-/m0/s1/i1D3. The van der Waals surface area contributed by atoms with Crippen LogP contribution in [0.2, 0.25) is 0 Å². The van der Waals surface area contributed by atoms with Gasteiger partial charge < -0.3 is 20.3 Å². The average Bonchev–Trinajstić information content (AvgIpc) is 3.30. The molecule has 7 nitrogen and oxygen atoms in total. The Morgan fingerprint density at radius 2 is 2.15 bits per heavy atom. The predicted molar refractivity (Wildman–Crippen MR) is 104 cm³/mol. The topological polar surface area (TPSA) is 88.8 Å². The molecule has 2 aromatic rings. The number of thiazole rings is 1. The second-order valence-electron chi connectivity index (χ2n) is 6.53. The van der Waals surface area contributed by atoms with Gasteiger partial charge >= 0.3 is 0 Å². The molecule has 4 rings (SSSR count). The van der Waals surface area contributed by atoms with E-state index in [1.54, 1.807) is 12.1 Å². The number of carbonyl (C=O) groups is 2. The molecule has 0 unspecified atom stereocenters. The lowest BCUT2D eigenvalue weighted by atomic mass is 10.1. The highest BCUT2D eigenvalue weighted by atomic mass is 32.1. The number of benzene rings is 1. The maximum Gasteiger partial charge on any atom is 0.260 e. The fourth-order valence-electron chi connectivity index (χ4n) is 3.46. The Labute approximate surface area is 165 Å². The molecule has 8 heteroatoms. The number of para-hydroxylation sites is 1. The Kier molecular flexibility index (Phi) is 3.94. The number of hydrogen-bond acceptors (Lipinski definition) is 6.